The van der Waals surface area contributed by atoms with Crippen molar-refractivity contribution in [1.29, 1.82) is 0 Å². The van der Waals surface area contributed by atoms with Crippen molar-refractivity contribution in [2.75, 3.05) is 13.6 Å². The molecule has 0 aliphatic rings. The highest BCUT2D eigenvalue weighted by atomic mass is 16.6. The summed E-state index contributed by atoms with van der Waals surface area (Å²) in [5.41, 5.74) is 5.87. The van der Waals surface area contributed by atoms with E-state index >= 15 is 0 Å². The molecule has 0 saturated carbocycles. The molecule has 9 heteroatoms. The molecule has 0 spiro atoms. The number of hydrogen-bond donors (Lipinski definition) is 3. The average molecular weight is 466 g/mol. The molecule has 0 fully saturated rings. The quantitative estimate of drug-likeness (QED) is 0.492. The van der Waals surface area contributed by atoms with Gasteiger partial charge in [0.1, 0.15) is 11.6 Å². The van der Waals surface area contributed by atoms with E-state index in [9.17, 15) is 14.4 Å². The zero-order chi connectivity index (χ0) is 25.0. The molecular weight excluding hydrogens is 434 g/mol. The molecule has 0 saturated heterocycles. The molecule has 0 bridgehead atoms. The molecule has 0 aliphatic carbocycles. The second-order valence-electron chi connectivity index (χ2n) is 9.15. The Kier molecular flexibility index (Phi) is 7.36. The SMILES string of the molecule is CC(C)[C@H](N)C(=O)NCC(C)(C)N(C)C(=O)Oc1ccccc1-c1nc2ccccc2c(=O)[nH]1. The second-order valence-corrected chi connectivity index (χ2v) is 9.15. The maximum Gasteiger partial charge on any atom is 0.415 e. The van der Waals surface area contributed by atoms with Crippen molar-refractivity contribution in [3.05, 3.63) is 58.9 Å². The summed E-state index contributed by atoms with van der Waals surface area (Å²) >= 11 is 0. The van der Waals surface area contributed by atoms with Crippen molar-refractivity contribution < 1.29 is 14.3 Å². The standard InChI is InChI=1S/C25H31N5O4/c1-15(2)20(26)23(32)27-14-25(3,4)30(5)24(33)34-19-13-9-7-11-17(19)21-28-18-12-8-6-10-16(18)22(31)29-21/h6-13,15,20H,14,26H2,1-5H3,(H,27,32)(H,28,29,31)/t20-/m0/s1. The molecule has 180 valence electrons. The van der Waals surface area contributed by atoms with Crippen LogP contribution in [-0.2, 0) is 4.79 Å². The van der Waals surface area contributed by atoms with Crippen LogP contribution in [0.25, 0.3) is 22.3 Å². The number of hydrogen-bond acceptors (Lipinski definition) is 6. The van der Waals surface area contributed by atoms with Gasteiger partial charge in [-0.25, -0.2) is 9.78 Å². The van der Waals surface area contributed by atoms with Crippen LogP contribution in [0.3, 0.4) is 0 Å². The lowest BCUT2D eigenvalue weighted by Crippen LogP contribution is -2.55. The molecule has 2 amide bonds. The van der Waals surface area contributed by atoms with Crippen molar-refractivity contribution in [3.63, 3.8) is 0 Å². The molecule has 1 heterocycles. The Morgan fingerprint density at radius 2 is 1.79 bits per heavy atom. The number of fused-ring (bicyclic) bond motifs is 1. The van der Waals surface area contributed by atoms with Gasteiger partial charge in [-0.1, -0.05) is 38.1 Å². The predicted octanol–water partition coefficient (Wildman–Crippen LogP) is 2.90. The Hall–Kier alpha value is -3.72. The Balaban J connectivity index is 1.79. The van der Waals surface area contributed by atoms with E-state index in [1.165, 1.54) is 4.90 Å². The third kappa shape index (κ3) is 5.43. The molecule has 1 atom stereocenters. The summed E-state index contributed by atoms with van der Waals surface area (Å²) < 4.78 is 5.68. The molecule has 1 aromatic heterocycles. The number of aromatic amines is 1. The highest BCUT2D eigenvalue weighted by Gasteiger charge is 2.31. The van der Waals surface area contributed by atoms with Gasteiger partial charge in [-0.15, -0.1) is 0 Å². The molecule has 9 nitrogen and oxygen atoms in total. The first-order valence-corrected chi connectivity index (χ1v) is 11.1. The third-order valence-electron chi connectivity index (χ3n) is 5.85. The van der Waals surface area contributed by atoms with E-state index in [1.54, 1.807) is 55.6 Å². The van der Waals surface area contributed by atoms with Crippen LogP contribution in [0.2, 0.25) is 0 Å². The molecule has 2 aromatic carbocycles. The molecular formula is C25H31N5O4. The number of rotatable bonds is 7. The van der Waals surface area contributed by atoms with E-state index in [-0.39, 0.29) is 29.7 Å². The third-order valence-corrected chi connectivity index (χ3v) is 5.85. The smallest absolute Gasteiger partial charge is 0.409 e. The predicted molar refractivity (Wildman–Crippen MR) is 131 cm³/mol. The first kappa shape index (κ1) is 24.9. The van der Waals surface area contributed by atoms with Gasteiger partial charge >= 0.3 is 6.09 Å². The lowest BCUT2D eigenvalue weighted by molar-refractivity contribution is -0.123. The van der Waals surface area contributed by atoms with Crippen molar-refractivity contribution >= 4 is 22.9 Å². The van der Waals surface area contributed by atoms with E-state index < -0.39 is 17.7 Å². The van der Waals surface area contributed by atoms with Gasteiger partial charge in [0, 0.05) is 13.6 Å². The van der Waals surface area contributed by atoms with Gasteiger partial charge < -0.3 is 25.7 Å². The Labute approximate surface area is 198 Å². The minimum atomic E-state index is -0.756. The Morgan fingerprint density at radius 1 is 1.15 bits per heavy atom. The summed E-state index contributed by atoms with van der Waals surface area (Å²) in [7, 11) is 1.59. The Bertz CT molecular complexity index is 1250. The number of nitrogens with zero attached hydrogens (tertiary/aromatic N) is 2. The zero-order valence-electron chi connectivity index (χ0n) is 20.1. The first-order chi connectivity index (χ1) is 16.0. The van der Waals surface area contributed by atoms with Crippen LogP contribution in [0.15, 0.2) is 53.3 Å². The van der Waals surface area contributed by atoms with Crippen molar-refractivity contribution in [2.24, 2.45) is 11.7 Å². The number of amides is 2. The molecule has 0 radical (unpaired) electrons. The van der Waals surface area contributed by atoms with E-state index in [0.717, 1.165) is 0 Å². The van der Waals surface area contributed by atoms with Gasteiger partial charge in [-0.2, -0.15) is 0 Å². The Morgan fingerprint density at radius 3 is 2.50 bits per heavy atom. The highest BCUT2D eigenvalue weighted by Crippen LogP contribution is 2.28. The van der Waals surface area contributed by atoms with Gasteiger partial charge in [0.2, 0.25) is 5.91 Å². The van der Waals surface area contributed by atoms with E-state index in [0.29, 0.717) is 22.3 Å². The van der Waals surface area contributed by atoms with E-state index in [2.05, 4.69) is 15.3 Å². The van der Waals surface area contributed by atoms with Gasteiger partial charge in [0.15, 0.2) is 0 Å². The lowest BCUT2D eigenvalue weighted by Gasteiger charge is -2.35. The molecule has 34 heavy (non-hydrogen) atoms. The van der Waals surface area contributed by atoms with Crippen LogP contribution in [0.1, 0.15) is 27.7 Å². The average Bonchev–Trinajstić information content (AvgIpc) is 2.81. The number of ether oxygens (including phenoxy) is 1. The molecule has 3 aromatic rings. The van der Waals surface area contributed by atoms with Crippen LogP contribution < -0.4 is 21.3 Å². The minimum absolute atomic E-state index is 0.00235. The summed E-state index contributed by atoms with van der Waals surface area (Å²) in [4.78, 5) is 46.4. The summed E-state index contributed by atoms with van der Waals surface area (Å²) in [5.74, 6) is 0.266. The number of carbonyl (C=O) groups excluding carboxylic acids is 2. The zero-order valence-corrected chi connectivity index (χ0v) is 20.1. The fraction of sp³-hybridized carbons (Fsp3) is 0.360. The van der Waals surface area contributed by atoms with E-state index in [1.807, 2.05) is 27.7 Å². The maximum absolute atomic E-state index is 13.0. The highest BCUT2D eigenvalue weighted by molar-refractivity contribution is 5.82. The van der Waals surface area contributed by atoms with Crippen LogP contribution in [0.4, 0.5) is 4.79 Å². The number of H-pyrrole nitrogens is 1. The van der Waals surface area contributed by atoms with Crippen LogP contribution >= 0.6 is 0 Å². The molecule has 0 aliphatic heterocycles. The monoisotopic (exact) mass is 465 g/mol. The molecule has 4 N–H and O–H groups in total. The fourth-order valence-electron chi connectivity index (χ4n) is 3.22. The summed E-state index contributed by atoms with van der Waals surface area (Å²) in [5, 5.41) is 3.27. The van der Waals surface area contributed by atoms with Crippen LogP contribution in [0, 0.1) is 5.92 Å². The van der Waals surface area contributed by atoms with Crippen molar-refractivity contribution in [2.45, 2.75) is 39.3 Å². The van der Waals surface area contributed by atoms with E-state index in [4.69, 9.17) is 10.5 Å². The number of nitrogens with two attached hydrogens (primary N) is 1. The van der Waals surface area contributed by atoms with Gasteiger partial charge in [0.25, 0.3) is 5.56 Å². The van der Waals surface area contributed by atoms with Crippen molar-refractivity contribution in [3.8, 4) is 17.1 Å². The largest absolute Gasteiger partial charge is 0.415 e. The summed E-state index contributed by atoms with van der Waals surface area (Å²) in [6, 6.07) is 13.2. The topological polar surface area (TPSA) is 130 Å². The van der Waals surface area contributed by atoms with Crippen LogP contribution in [0.5, 0.6) is 5.75 Å². The van der Waals surface area contributed by atoms with Gasteiger partial charge in [-0.3, -0.25) is 9.59 Å². The second kappa shape index (κ2) is 10.0. The lowest BCUT2D eigenvalue weighted by atomic mass is 10.0. The number of benzene rings is 2. The summed E-state index contributed by atoms with van der Waals surface area (Å²) in [6.07, 6.45) is -0.622. The van der Waals surface area contributed by atoms with Crippen LogP contribution in [-0.4, -0.2) is 52.0 Å². The fourth-order valence-corrected chi connectivity index (χ4v) is 3.22. The number of likely N-dealkylation sites (N-methyl/N-ethyl adjacent to an activating group) is 1. The number of aromatic nitrogens is 2. The maximum atomic E-state index is 13.0. The summed E-state index contributed by atoms with van der Waals surface area (Å²) in [6.45, 7) is 7.55. The molecule has 0 unspecified atom stereocenters. The van der Waals surface area contributed by atoms with Gasteiger partial charge in [0.05, 0.1) is 28.0 Å². The molecule has 3 rings (SSSR count). The van der Waals surface area contributed by atoms with Gasteiger partial charge in [-0.05, 0) is 44.0 Å². The number of carbonyl (C=O) groups is 2. The minimum Gasteiger partial charge on any atom is -0.409 e. The number of para-hydroxylation sites is 2. The number of nitrogens with one attached hydrogen (secondary N) is 2. The first-order valence-electron chi connectivity index (χ1n) is 11.1. The normalized spacial score (nSPS) is 12.4. The van der Waals surface area contributed by atoms with Crippen molar-refractivity contribution in [1.82, 2.24) is 20.2 Å².